The number of carbonyl (C=O) groups is 1. The maximum absolute atomic E-state index is 10.8. The summed E-state index contributed by atoms with van der Waals surface area (Å²) in [4.78, 5) is 10.8. The number of nitrogens with two attached hydrogens (primary N) is 1. The zero-order chi connectivity index (χ0) is 7.98. The van der Waals surface area contributed by atoms with Gasteiger partial charge in [0.1, 0.15) is 5.78 Å². The van der Waals surface area contributed by atoms with Crippen molar-refractivity contribution in [2.45, 2.75) is 33.1 Å². The van der Waals surface area contributed by atoms with E-state index in [2.05, 4.69) is 6.92 Å². The van der Waals surface area contributed by atoms with Crippen LogP contribution in [0.2, 0.25) is 0 Å². The molecule has 2 nitrogen and oxygen atoms in total. The van der Waals surface area contributed by atoms with Gasteiger partial charge in [-0.25, -0.2) is 0 Å². The lowest BCUT2D eigenvalue weighted by Crippen LogP contribution is -2.21. The van der Waals surface area contributed by atoms with E-state index in [0.717, 1.165) is 19.3 Å². The van der Waals surface area contributed by atoms with E-state index < -0.39 is 0 Å². The van der Waals surface area contributed by atoms with Gasteiger partial charge >= 0.3 is 0 Å². The molecule has 0 aromatic rings. The third-order valence-corrected chi connectivity index (χ3v) is 1.77. The minimum atomic E-state index is 0.111. The van der Waals surface area contributed by atoms with E-state index >= 15 is 0 Å². The molecule has 0 spiro atoms. The molecule has 0 saturated carbocycles. The highest BCUT2D eigenvalue weighted by molar-refractivity contribution is 5.78. The molecule has 60 valence electrons. The van der Waals surface area contributed by atoms with Crippen LogP contribution in [-0.4, -0.2) is 12.3 Å². The fourth-order valence-electron chi connectivity index (χ4n) is 0.938. The lowest BCUT2D eigenvalue weighted by atomic mass is 9.99. The van der Waals surface area contributed by atoms with Gasteiger partial charge in [-0.2, -0.15) is 0 Å². The minimum absolute atomic E-state index is 0.111. The number of rotatable bonds is 5. The van der Waals surface area contributed by atoms with Crippen LogP contribution in [0.15, 0.2) is 0 Å². The first kappa shape index (κ1) is 9.63. The highest BCUT2D eigenvalue weighted by Gasteiger charge is 2.09. The van der Waals surface area contributed by atoms with Crippen molar-refractivity contribution in [3.05, 3.63) is 0 Å². The molecular formula is C8H17NO. The normalized spacial score (nSPS) is 13.1. The van der Waals surface area contributed by atoms with Crippen molar-refractivity contribution >= 4 is 5.78 Å². The maximum Gasteiger partial charge on any atom is 0.134 e. The van der Waals surface area contributed by atoms with Crippen molar-refractivity contribution in [3.8, 4) is 0 Å². The van der Waals surface area contributed by atoms with Gasteiger partial charge in [0.05, 0.1) is 0 Å². The molecule has 0 unspecified atom stereocenters. The summed E-state index contributed by atoms with van der Waals surface area (Å²) in [7, 11) is 0. The summed E-state index contributed by atoms with van der Waals surface area (Å²) in [5, 5.41) is 0. The topological polar surface area (TPSA) is 43.1 Å². The first-order valence-corrected chi connectivity index (χ1v) is 3.92. The summed E-state index contributed by atoms with van der Waals surface area (Å²) in [6.07, 6.45) is 3.22. The molecule has 0 saturated heterocycles. The Morgan fingerprint density at radius 1 is 1.60 bits per heavy atom. The van der Waals surface area contributed by atoms with E-state index in [4.69, 9.17) is 5.73 Å². The molecule has 10 heavy (non-hydrogen) atoms. The van der Waals surface area contributed by atoms with Gasteiger partial charge in [-0.1, -0.05) is 19.8 Å². The van der Waals surface area contributed by atoms with Crippen LogP contribution in [0.5, 0.6) is 0 Å². The molecule has 2 heteroatoms. The van der Waals surface area contributed by atoms with Crippen LogP contribution in [0.25, 0.3) is 0 Å². The first-order valence-electron chi connectivity index (χ1n) is 3.92. The Balaban J connectivity index is 3.50. The summed E-state index contributed by atoms with van der Waals surface area (Å²) in [6, 6.07) is 0. The Morgan fingerprint density at radius 2 is 2.20 bits per heavy atom. The molecule has 0 aliphatic rings. The van der Waals surface area contributed by atoms with Crippen molar-refractivity contribution in [1.29, 1.82) is 0 Å². The van der Waals surface area contributed by atoms with Crippen molar-refractivity contribution in [3.63, 3.8) is 0 Å². The van der Waals surface area contributed by atoms with Crippen LogP contribution >= 0.6 is 0 Å². The Kier molecular flexibility index (Phi) is 5.22. The van der Waals surface area contributed by atoms with Crippen molar-refractivity contribution in [2.24, 2.45) is 11.7 Å². The molecule has 2 N–H and O–H groups in total. The second kappa shape index (κ2) is 5.42. The van der Waals surface area contributed by atoms with Crippen LogP contribution in [-0.2, 0) is 4.79 Å². The smallest absolute Gasteiger partial charge is 0.134 e. The summed E-state index contributed by atoms with van der Waals surface area (Å²) in [6.45, 7) is 4.25. The Labute approximate surface area is 62.8 Å². The fraction of sp³-hybridized carbons (Fsp3) is 0.875. The summed E-state index contributed by atoms with van der Waals surface area (Å²) < 4.78 is 0. The number of hydrogen-bond acceptors (Lipinski definition) is 2. The zero-order valence-electron chi connectivity index (χ0n) is 6.89. The number of ketones is 1. The van der Waals surface area contributed by atoms with Gasteiger partial charge in [0, 0.05) is 12.5 Å². The van der Waals surface area contributed by atoms with Crippen LogP contribution in [0.1, 0.15) is 33.1 Å². The SMILES string of the molecule is CCCC[C@@H](CN)C(C)=O. The monoisotopic (exact) mass is 143 g/mol. The molecular weight excluding hydrogens is 126 g/mol. The molecule has 0 aromatic heterocycles. The third kappa shape index (κ3) is 3.62. The van der Waals surface area contributed by atoms with E-state index in [1.54, 1.807) is 6.92 Å². The lowest BCUT2D eigenvalue weighted by Gasteiger charge is -2.08. The van der Waals surface area contributed by atoms with Crippen molar-refractivity contribution < 1.29 is 4.79 Å². The second-order valence-electron chi connectivity index (χ2n) is 2.69. The molecule has 0 aliphatic heterocycles. The lowest BCUT2D eigenvalue weighted by molar-refractivity contribution is -0.120. The van der Waals surface area contributed by atoms with Gasteiger partial charge in [0.15, 0.2) is 0 Å². The van der Waals surface area contributed by atoms with Crippen LogP contribution in [0.4, 0.5) is 0 Å². The van der Waals surface area contributed by atoms with E-state index in [9.17, 15) is 4.79 Å². The molecule has 0 heterocycles. The van der Waals surface area contributed by atoms with Gasteiger partial charge in [-0.3, -0.25) is 4.79 Å². The van der Waals surface area contributed by atoms with Crippen LogP contribution in [0.3, 0.4) is 0 Å². The molecule has 0 aromatic carbocycles. The molecule has 0 radical (unpaired) electrons. The van der Waals surface area contributed by atoms with Crippen LogP contribution in [0, 0.1) is 5.92 Å². The third-order valence-electron chi connectivity index (χ3n) is 1.77. The quantitative estimate of drug-likeness (QED) is 0.631. The molecule has 0 rings (SSSR count). The first-order chi connectivity index (χ1) is 4.72. The highest BCUT2D eigenvalue weighted by Crippen LogP contribution is 2.07. The predicted molar refractivity (Wildman–Crippen MR) is 42.8 cm³/mol. The van der Waals surface area contributed by atoms with Gasteiger partial charge in [-0.15, -0.1) is 0 Å². The Bertz CT molecular complexity index is 101. The van der Waals surface area contributed by atoms with E-state index in [-0.39, 0.29) is 11.7 Å². The average molecular weight is 143 g/mol. The van der Waals surface area contributed by atoms with Gasteiger partial charge in [-0.05, 0) is 13.3 Å². The predicted octanol–water partition coefficient (Wildman–Crippen LogP) is 1.34. The summed E-state index contributed by atoms with van der Waals surface area (Å²) >= 11 is 0. The summed E-state index contributed by atoms with van der Waals surface area (Å²) in [5.74, 6) is 0.343. The summed E-state index contributed by atoms with van der Waals surface area (Å²) in [5.41, 5.74) is 5.39. The highest BCUT2D eigenvalue weighted by atomic mass is 16.1. The van der Waals surface area contributed by atoms with E-state index in [0.29, 0.717) is 6.54 Å². The standard InChI is InChI=1S/C8H17NO/c1-3-4-5-8(6-9)7(2)10/h8H,3-6,9H2,1-2H3/t8-/m0/s1. The molecule has 0 fully saturated rings. The molecule has 0 bridgehead atoms. The fourth-order valence-corrected chi connectivity index (χ4v) is 0.938. The molecule has 1 atom stereocenters. The number of hydrogen-bond donors (Lipinski definition) is 1. The van der Waals surface area contributed by atoms with Gasteiger partial charge in [0.25, 0.3) is 0 Å². The number of Topliss-reactive ketones (excluding diaryl/α,β-unsaturated/α-hetero) is 1. The van der Waals surface area contributed by atoms with E-state index in [1.807, 2.05) is 0 Å². The van der Waals surface area contributed by atoms with E-state index in [1.165, 1.54) is 0 Å². The Morgan fingerprint density at radius 3 is 2.50 bits per heavy atom. The van der Waals surface area contributed by atoms with Gasteiger partial charge in [0.2, 0.25) is 0 Å². The van der Waals surface area contributed by atoms with Crippen LogP contribution < -0.4 is 5.73 Å². The second-order valence-corrected chi connectivity index (χ2v) is 2.69. The average Bonchev–Trinajstić information content (AvgIpc) is 1.89. The molecule has 0 aliphatic carbocycles. The number of unbranched alkanes of at least 4 members (excludes halogenated alkanes) is 1. The van der Waals surface area contributed by atoms with Gasteiger partial charge < -0.3 is 5.73 Å². The number of carbonyl (C=O) groups excluding carboxylic acids is 1. The van der Waals surface area contributed by atoms with Crippen molar-refractivity contribution in [2.75, 3.05) is 6.54 Å². The molecule has 0 amide bonds. The Hall–Kier alpha value is -0.370. The van der Waals surface area contributed by atoms with Crippen molar-refractivity contribution in [1.82, 2.24) is 0 Å². The zero-order valence-corrected chi connectivity index (χ0v) is 6.89. The minimum Gasteiger partial charge on any atom is -0.330 e. The maximum atomic E-state index is 10.8. The largest absolute Gasteiger partial charge is 0.330 e.